The van der Waals surface area contributed by atoms with E-state index in [4.69, 9.17) is 9.47 Å². The quantitative estimate of drug-likeness (QED) is 0.747. The van der Waals surface area contributed by atoms with Crippen molar-refractivity contribution in [1.29, 1.82) is 0 Å². The van der Waals surface area contributed by atoms with Crippen molar-refractivity contribution < 1.29 is 9.47 Å². The summed E-state index contributed by atoms with van der Waals surface area (Å²) in [5, 5.41) is 0. The third-order valence-electron chi connectivity index (χ3n) is 3.03. The van der Waals surface area contributed by atoms with Crippen molar-refractivity contribution in [1.82, 2.24) is 9.13 Å². The van der Waals surface area contributed by atoms with Crippen molar-refractivity contribution in [3.8, 4) is 17.2 Å². The zero-order valence-corrected chi connectivity index (χ0v) is 10.3. The van der Waals surface area contributed by atoms with Gasteiger partial charge in [-0.1, -0.05) is 0 Å². The Morgan fingerprint density at radius 1 is 1.11 bits per heavy atom. The van der Waals surface area contributed by atoms with Gasteiger partial charge in [0.05, 0.1) is 5.69 Å². The van der Waals surface area contributed by atoms with Gasteiger partial charge >= 0.3 is 11.1 Å². The number of aromatic nitrogens is 2. The highest BCUT2D eigenvalue weighted by atomic mass is 16.7. The lowest BCUT2D eigenvalue weighted by molar-refractivity contribution is 0.174. The number of hydrogen-bond donors (Lipinski definition) is 0. The average molecular weight is 260 g/mol. The lowest BCUT2D eigenvalue weighted by Crippen LogP contribution is -2.39. The summed E-state index contributed by atoms with van der Waals surface area (Å²) in [6, 6.07) is 5.11. The highest BCUT2D eigenvalue weighted by Gasteiger charge is 2.15. The monoisotopic (exact) mass is 260 g/mol. The number of benzene rings is 1. The number of nitrogens with zero attached hydrogens (tertiary/aromatic N) is 2. The third-order valence-corrected chi connectivity index (χ3v) is 3.03. The molecular formula is C13H12N2O4. The fourth-order valence-electron chi connectivity index (χ4n) is 2.00. The number of fused-ring (bicyclic) bond motifs is 1. The first-order valence-corrected chi connectivity index (χ1v) is 5.93. The molecule has 1 aromatic heterocycles. The predicted octanol–water partition coefficient (Wildman–Crippen LogP) is 0.748. The first-order valence-electron chi connectivity index (χ1n) is 5.93. The third kappa shape index (κ3) is 1.81. The maximum atomic E-state index is 12.0. The van der Waals surface area contributed by atoms with Crippen molar-refractivity contribution in [2.75, 3.05) is 6.79 Å². The minimum absolute atomic E-state index is 0.172. The summed E-state index contributed by atoms with van der Waals surface area (Å²) in [5.74, 6) is 1.21. The first-order chi connectivity index (χ1) is 9.20. The van der Waals surface area contributed by atoms with E-state index in [0.29, 0.717) is 23.7 Å². The number of rotatable bonds is 2. The molecule has 1 aliphatic heterocycles. The van der Waals surface area contributed by atoms with E-state index in [9.17, 15) is 9.59 Å². The summed E-state index contributed by atoms with van der Waals surface area (Å²) in [5.41, 5.74) is -0.541. The molecule has 0 spiro atoms. The van der Waals surface area contributed by atoms with Crippen LogP contribution in [0.5, 0.6) is 11.5 Å². The standard InChI is InChI=1S/C13H12N2O4/c1-2-14-5-6-15(13(17)12(14)16)9-3-4-10-11(7-9)19-8-18-10/h3-7H,2,8H2,1H3. The summed E-state index contributed by atoms with van der Waals surface area (Å²) >= 11 is 0. The first kappa shape index (κ1) is 11.6. The van der Waals surface area contributed by atoms with Gasteiger partial charge in [-0.05, 0) is 19.1 Å². The summed E-state index contributed by atoms with van der Waals surface area (Å²) in [7, 11) is 0. The molecule has 0 saturated carbocycles. The Morgan fingerprint density at radius 3 is 2.68 bits per heavy atom. The van der Waals surface area contributed by atoms with Gasteiger partial charge < -0.3 is 14.0 Å². The largest absolute Gasteiger partial charge is 0.454 e. The Morgan fingerprint density at radius 2 is 1.89 bits per heavy atom. The molecule has 6 nitrogen and oxygen atoms in total. The second-order valence-electron chi connectivity index (χ2n) is 4.10. The van der Waals surface area contributed by atoms with Crippen LogP contribution in [-0.2, 0) is 6.54 Å². The van der Waals surface area contributed by atoms with E-state index in [0.717, 1.165) is 0 Å². The van der Waals surface area contributed by atoms with Crippen molar-refractivity contribution in [2.24, 2.45) is 0 Å². The molecular weight excluding hydrogens is 248 g/mol. The van der Waals surface area contributed by atoms with Crippen molar-refractivity contribution >= 4 is 0 Å². The van der Waals surface area contributed by atoms with Crippen LogP contribution in [0.4, 0.5) is 0 Å². The van der Waals surface area contributed by atoms with E-state index in [-0.39, 0.29) is 6.79 Å². The van der Waals surface area contributed by atoms with Crippen LogP contribution < -0.4 is 20.6 Å². The molecule has 0 unspecified atom stereocenters. The predicted molar refractivity (Wildman–Crippen MR) is 68.1 cm³/mol. The minimum atomic E-state index is -0.580. The molecule has 0 N–H and O–H groups in total. The molecule has 0 saturated heterocycles. The van der Waals surface area contributed by atoms with Crippen LogP contribution in [0.2, 0.25) is 0 Å². The van der Waals surface area contributed by atoms with Gasteiger partial charge in [0.1, 0.15) is 0 Å². The Balaban J connectivity index is 2.15. The molecule has 0 bridgehead atoms. The van der Waals surface area contributed by atoms with Gasteiger partial charge in [-0.2, -0.15) is 0 Å². The van der Waals surface area contributed by atoms with Gasteiger partial charge in [0.15, 0.2) is 11.5 Å². The topological polar surface area (TPSA) is 62.5 Å². The Hall–Kier alpha value is -2.50. The maximum Gasteiger partial charge on any atom is 0.320 e. The van der Waals surface area contributed by atoms with Gasteiger partial charge in [-0.25, -0.2) is 0 Å². The molecule has 0 fully saturated rings. The van der Waals surface area contributed by atoms with Crippen LogP contribution >= 0.6 is 0 Å². The zero-order valence-electron chi connectivity index (χ0n) is 10.3. The van der Waals surface area contributed by atoms with E-state index in [1.807, 2.05) is 6.92 Å². The molecule has 0 aliphatic carbocycles. The summed E-state index contributed by atoms with van der Waals surface area (Å²) in [6.45, 7) is 2.45. The Bertz CT molecular complexity index is 745. The molecule has 0 radical (unpaired) electrons. The molecule has 98 valence electrons. The van der Waals surface area contributed by atoms with E-state index >= 15 is 0 Å². The van der Waals surface area contributed by atoms with Crippen LogP contribution in [0.3, 0.4) is 0 Å². The van der Waals surface area contributed by atoms with Gasteiger partial charge in [-0.15, -0.1) is 0 Å². The maximum absolute atomic E-state index is 12.0. The van der Waals surface area contributed by atoms with Crippen LogP contribution in [0.25, 0.3) is 5.69 Å². The number of hydrogen-bond acceptors (Lipinski definition) is 4. The molecule has 2 aromatic rings. The highest BCUT2D eigenvalue weighted by Crippen LogP contribution is 2.33. The Kier molecular flexibility index (Phi) is 2.63. The normalized spacial score (nSPS) is 12.7. The molecule has 19 heavy (non-hydrogen) atoms. The van der Waals surface area contributed by atoms with Crippen LogP contribution in [0, 0.1) is 0 Å². The van der Waals surface area contributed by atoms with E-state index < -0.39 is 11.1 Å². The van der Waals surface area contributed by atoms with Gasteiger partial charge in [0.2, 0.25) is 6.79 Å². The number of aryl methyl sites for hydroxylation is 1. The van der Waals surface area contributed by atoms with Crippen molar-refractivity contribution in [2.45, 2.75) is 13.5 Å². The summed E-state index contributed by atoms with van der Waals surface area (Å²) < 4.78 is 13.1. The lowest BCUT2D eigenvalue weighted by Gasteiger charge is -2.08. The van der Waals surface area contributed by atoms with Gasteiger partial charge in [-0.3, -0.25) is 14.2 Å². The second-order valence-corrected chi connectivity index (χ2v) is 4.10. The fourth-order valence-corrected chi connectivity index (χ4v) is 2.00. The lowest BCUT2D eigenvalue weighted by atomic mass is 10.2. The molecule has 2 heterocycles. The van der Waals surface area contributed by atoms with Crippen LogP contribution in [0.15, 0.2) is 40.2 Å². The van der Waals surface area contributed by atoms with E-state index in [1.54, 1.807) is 30.6 Å². The fraction of sp³-hybridized carbons (Fsp3) is 0.231. The second kappa shape index (κ2) is 4.31. The molecule has 3 rings (SSSR count). The highest BCUT2D eigenvalue weighted by molar-refractivity contribution is 5.49. The molecule has 6 heteroatoms. The van der Waals surface area contributed by atoms with Crippen LogP contribution in [-0.4, -0.2) is 15.9 Å². The van der Waals surface area contributed by atoms with Crippen molar-refractivity contribution in [3.63, 3.8) is 0 Å². The Labute approximate surface area is 108 Å². The van der Waals surface area contributed by atoms with E-state index in [1.165, 1.54) is 9.13 Å². The molecule has 1 aromatic carbocycles. The summed E-state index contributed by atoms with van der Waals surface area (Å²) in [4.78, 5) is 23.8. The minimum Gasteiger partial charge on any atom is -0.454 e. The van der Waals surface area contributed by atoms with Gasteiger partial charge in [0, 0.05) is 25.0 Å². The smallest absolute Gasteiger partial charge is 0.320 e. The molecule has 0 atom stereocenters. The SMILES string of the molecule is CCn1ccn(-c2ccc3c(c2)OCO3)c(=O)c1=O. The number of ether oxygens (including phenoxy) is 2. The van der Waals surface area contributed by atoms with Gasteiger partial charge in [0.25, 0.3) is 0 Å². The molecule has 1 aliphatic rings. The molecule has 0 amide bonds. The van der Waals surface area contributed by atoms with Crippen LogP contribution in [0.1, 0.15) is 6.92 Å². The summed E-state index contributed by atoms with van der Waals surface area (Å²) in [6.07, 6.45) is 3.17. The zero-order chi connectivity index (χ0) is 13.4. The van der Waals surface area contributed by atoms with Crippen molar-refractivity contribution in [3.05, 3.63) is 51.3 Å². The van der Waals surface area contributed by atoms with E-state index in [2.05, 4.69) is 0 Å². The average Bonchev–Trinajstić information content (AvgIpc) is 2.89.